The highest BCUT2D eigenvalue weighted by molar-refractivity contribution is 5.77. The summed E-state index contributed by atoms with van der Waals surface area (Å²) in [4.78, 5) is 20.4. The standard InChI is InChI=1S/C6H12N2O2.C5H13NO2/c7-3-4-8-6(10)2-1-5-9;1-6-3-5(7)4-8-2/h5H,1-4,7H2,(H,8,10);5-7H,3-4H2,1-2H3. The summed E-state index contributed by atoms with van der Waals surface area (Å²) in [6.07, 6.45) is 0.909. The predicted molar refractivity (Wildman–Crippen MR) is 69.2 cm³/mol. The van der Waals surface area contributed by atoms with Crippen LogP contribution in [0.4, 0.5) is 0 Å². The maximum atomic E-state index is 10.6. The van der Waals surface area contributed by atoms with Crippen LogP contribution in [0, 0.1) is 0 Å². The van der Waals surface area contributed by atoms with Gasteiger partial charge in [-0.25, -0.2) is 0 Å². The number of amides is 1. The first kappa shape index (κ1) is 19.3. The number of aldehydes is 1. The van der Waals surface area contributed by atoms with Crippen LogP contribution < -0.4 is 16.4 Å². The van der Waals surface area contributed by atoms with Crippen molar-refractivity contribution in [2.45, 2.75) is 18.9 Å². The first-order valence-electron chi connectivity index (χ1n) is 5.84. The summed E-state index contributed by atoms with van der Waals surface area (Å²) in [6.45, 7) is 1.92. The molecule has 0 aliphatic rings. The van der Waals surface area contributed by atoms with E-state index in [0.29, 0.717) is 26.2 Å². The molecule has 108 valence electrons. The Morgan fingerprint density at radius 3 is 2.67 bits per heavy atom. The van der Waals surface area contributed by atoms with E-state index in [9.17, 15) is 9.59 Å². The van der Waals surface area contributed by atoms with Gasteiger partial charge in [0, 0.05) is 39.6 Å². The van der Waals surface area contributed by atoms with E-state index in [1.54, 1.807) is 14.2 Å². The summed E-state index contributed by atoms with van der Waals surface area (Å²) in [5.74, 6) is -0.113. The third-order valence-electron chi connectivity index (χ3n) is 1.75. The fourth-order valence-corrected chi connectivity index (χ4v) is 0.977. The molecule has 0 aliphatic carbocycles. The number of methoxy groups -OCH3 is 1. The largest absolute Gasteiger partial charge is 0.389 e. The Morgan fingerprint density at radius 2 is 2.22 bits per heavy atom. The van der Waals surface area contributed by atoms with Crippen LogP contribution in [-0.4, -0.2) is 63.8 Å². The van der Waals surface area contributed by atoms with Gasteiger partial charge in [0.1, 0.15) is 6.29 Å². The van der Waals surface area contributed by atoms with Gasteiger partial charge in [0.15, 0.2) is 0 Å². The van der Waals surface area contributed by atoms with Crippen LogP contribution in [0.1, 0.15) is 12.8 Å². The number of ether oxygens (including phenoxy) is 1. The lowest BCUT2D eigenvalue weighted by Gasteiger charge is -2.06. The Hall–Kier alpha value is -1.02. The van der Waals surface area contributed by atoms with Crippen LogP contribution in [0.25, 0.3) is 0 Å². The Bertz CT molecular complexity index is 197. The fourth-order valence-electron chi connectivity index (χ4n) is 0.977. The normalized spacial score (nSPS) is 11.1. The number of nitrogens with one attached hydrogen (secondary N) is 2. The highest BCUT2D eigenvalue weighted by Gasteiger charge is 1.98. The molecule has 0 bridgehead atoms. The lowest BCUT2D eigenvalue weighted by Crippen LogP contribution is -2.28. The van der Waals surface area contributed by atoms with E-state index in [1.807, 2.05) is 0 Å². The molecule has 0 aromatic heterocycles. The topological polar surface area (TPSA) is 114 Å². The van der Waals surface area contributed by atoms with E-state index in [2.05, 4.69) is 15.4 Å². The summed E-state index contributed by atoms with van der Waals surface area (Å²) < 4.78 is 4.67. The minimum Gasteiger partial charge on any atom is -0.389 e. The molecule has 1 atom stereocenters. The molecule has 1 unspecified atom stereocenters. The van der Waals surface area contributed by atoms with Gasteiger partial charge in [-0.15, -0.1) is 0 Å². The van der Waals surface area contributed by atoms with Gasteiger partial charge in [0.05, 0.1) is 12.7 Å². The molecule has 18 heavy (non-hydrogen) atoms. The van der Waals surface area contributed by atoms with Crippen molar-refractivity contribution in [3.8, 4) is 0 Å². The second kappa shape index (κ2) is 16.0. The van der Waals surface area contributed by atoms with Crippen molar-refractivity contribution in [3.05, 3.63) is 0 Å². The smallest absolute Gasteiger partial charge is 0.220 e. The summed E-state index contributed by atoms with van der Waals surface area (Å²) in [6, 6.07) is 0. The minimum atomic E-state index is -0.370. The molecular weight excluding hydrogens is 238 g/mol. The molecule has 0 aromatic carbocycles. The summed E-state index contributed by atoms with van der Waals surface area (Å²) in [5.41, 5.74) is 5.12. The highest BCUT2D eigenvalue weighted by atomic mass is 16.5. The van der Waals surface area contributed by atoms with Crippen LogP contribution >= 0.6 is 0 Å². The number of carbonyl (C=O) groups excluding carboxylic acids is 2. The molecular formula is C11H25N3O4. The molecule has 0 aliphatic heterocycles. The van der Waals surface area contributed by atoms with Gasteiger partial charge in [-0.05, 0) is 7.05 Å². The van der Waals surface area contributed by atoms with E-state index >= 15 is 0 Å². The second-order valence-corrected chi connectivity index (χ2v) is 3.51. The maximum absolute atomic E-state index is 10.6. The highest BCUT2D eigenvalue weighted by Crippen LogP contribution is 1.82. The van der Waals surface area contributed by atoms with Crippen molar-refractivity contribution in [3.63, 3.8) is 0 Å². The van der Waals surface area contributed by atoms with Gasteiger partial charge in [-0.3, -0.25) is 4.79 Å². The van der Waals surface area contributed by atoms with Gasteiger partial charge in [0.2, 0.25) is 5.91 Å². The van der Waals surface area contributed by atoms with Crippen LogP contribution in [0.5, 0.6) is 0 Å². The van der Waals surface area contributed by atoms with E-state index in [0.717, 1.165) is 6.29 Å². The van der Waals surface area contributed by atoms with Crippen molar-refractivity contribution in [2.75, 3.05) is 40.4 Å². The second-order valence-electron chi connectivity index (χ2n) is 3.51. The van der Waals surface area contributed by atoms with Crippen molar-refractivity contribution in [1.82, 2.24) is 10.6 Å². The lowest BCUT2D eigenvalue weighted by molar-refractivity contribution is -0.122. The zero-order valence-corrected chi connectivity index (χ0v) is 11.1. The molecule has 0 saturated carbocycles. The summed E-state index contributed by atoms with van der Waals surface area (Å²) in [7, 11) is 3.36. The van der Waals surface area contributed by atoms with E-state index in [-0.39, 0.29) is 24.9 Å². The van der Waals surface area contributed by atoms with E-state index in [4.69, 9.17) is 10.8 Å². The molecule has 0 heterocycles. The third-order valence-corrected chi connectivity index (χ3v) is 1.75. The van der Waals surface area contributed by atoms with Crippen molar-refractivity contribution in [1.29, 1.82) is 0 Å². The van der Waals surface area contributed by atoms with Crippen LogP contribution in [0.15, 0.2) is 0 Å². The molecule has 7 nitrogen and oxygen atoms in total. The van der Waals surface area contributed by atoms with Gasteiger partial charge >= 0.3 is 0 Å². The Morgan fingerprint density at radius 1 is 1.56 bits per heavy atom. The SMILES string of the molecule is CNCC(O)COC.NCCNC(=O)CCC=O. The fraction of sp³-hybridized carbons (Fsp3) is 0.818. The summed E-state index contributed by atoms with van der Waals surface area (Å²) in [5, 5.41) is 14.2. The molecule has 0 aromatic rings. The lowest BCUT2D eigenvalue weighted by atomic mass is 10.3. The molecule has 0 radical (unpaired) electrons. The van der Waals surface area contributed by atoms with Crippen molar-refractivity contribution >= 4 is 12.2 Å². The number of rotatable bonds is 9. The Labute approximate surface area is 108 Å². The van der Waals surface area contributed by atoms with Gasteiger partial charge in [0.25, 0.3) is 0 Å². The van der Waals surface area contributed by atoms with E-state index < -0.39 is 0 Å². The number of hydrogen-bond acceptors (Lipinski definition) is 6. The summed E-state index contributed by atoms with van der Waals surface area (Å²) >= 11 is 0. The molecule has 5 N–H and O–H groups in total. The maximum Gasteiger partial charge on any atom is 0.220 e. The third kappa shape index (κ3) is 17.4. The molecule has 0 fully saturated rings. The van der Waals surface area contributed by atoms with Gasteiger partial charge in [-0.2, -0.15) is 0 Å². The quantitative estimate of drug-likeness (QED) is 0.367. The Balaban J connectivity index is 0. The number of aliphatic hydroxyl groups excluding tert-OH is 1. The van der Waals surface area contributed by atoms with Crippen LogP contribution in [0.2, 0.25) is 0 Å². The van der Waals surface area contributed by atoms with Crippen molar-refractivity contribution < 1.29 is 19.4 Å². The average molecular weight is 263 g/mol. The number of carbonyl (C=O) groups is 2. The molecule has 7 heteroatoms. The van der Waals surface area contributed by atoms with Crippen LogP contribution in [-0.2, 0) is 14.3 Å². The number of likely N-dealkylation sites (N-methyl/N-ethyl adjacent to an activating group) is 1. The van der Waals surface area contributed by atoms with Crippen molar-refractivity contribution in [2.24, 2.45) is 5.73 Å². The average Bonchev–Trinajstić information content (AvgIpc) is 2.35. The number of nitrogens with two attached hydrogens (primary N) is 1. The Kier molecular flexibility index (Phi) is 17.2. The van der Waals surface area contributed by atoms with Gasteiger partial charge < -0.3 is 31.0 Å². The van der Waals surface area contributed by atoms with Crippen LogP contribution in [0.3, 0.4) is 0 Å². The first-order chi connectivity index (χ1) is 8.62. The number of aliphatic hydroxyl groups is 1. The predicted octanol–water partition coefficient (Wildman–Crippen LogP) is -1.75. The van der Waals surface area contributed by atoms with Gasteiger partial charge in [-0.1, -0.05) is 0 Å². The van der Waals surface area contributed by atoms with E-state index in [1.165, 1.54) is 0 Å². The zero-order valence-electron chi connectivity index (χ0n) is 11.1. The monoisotopic (exact) mass is 263 g/mol. The molecule has 1 amide bonds. The molecule has 0 saturated heterocycles. The minimum absolute atomic E-state index is 0.113. The molecule has 0 spiro atoms. The molecule has 0 rings (SSSR count). The number of hydrogen-bond donors (Lipinski definition) is 4. The first-order valence-corrected chi connectivity index (χ1v) is 5.84. The zero-order chi connectivity index (χ0) is 14.2.